The summed E-state index contributed by atoms with van der Waals surface area (Å²) in [6.45, 7) is 4.70. The maximum absolute atomic E-state index is 10.3. The lowest BCUT2D eigenvalue weighted by molar-refractivity contribution is 0.205. The highest BCUT2D eigenvalue weighted by Crippen LogP contribution is 2.29. The zero-order valence-corrected chi connectivity index (χ0v) is 10.6. The highest BCUT2D eigenvalue weighted by atomic mass is 35.5. The number of aliphatic hydroxyl groups is 1. The Morgan fingerprint density at radius 1 is 1.47 bits per heavy atom. The minimum Gasteiger partial charge on any atom is -0.380 e. The van der Waals surface area contributed by atoms with E-state index in [4.69, 9.17) is 11.6 Å². The molecule has 0 aliphatic carbocycles. The van der Waals surface area contributed by atoms with Crippen LogP contribution in [0, 0.1) is 6.92 Å². The van der Waals surface area contributed by atoms with Crippen LogP contribution in [0.4, 0.5) is 0 Å². The van der Waals surface area contributed by atoms with Gasteiger partial charge in [-0.05, 0) is 19.4 Å². The van der Waals surface area contributed by atoms with Crippen LogP contribution in [-0.2, 0) is 6.54 Å². The fraction of sp³-hybridized carbons (Fsp3) is 0.308. The first kappa shape index (κ1) is 12.1. The molecule has 17 heavy (non-hydrogen) atoms. The van der Waals surface area contributed by atoms with Gasteiger partial charge in [-0.2, -0.15) is 0 Å². The summed E-state index contributed by atoms with van der Waals surface area (Å²) >= 11 is 6.20. The van der Waals surface area contributed by atoms with Crippen LogP contribution in [-0.4, -0.2) is 14.7 Å². The number of aromatic nitrogens is 2. The van der Waals surface area contributed by atoms with Crippen molar-refractivity contribution < 1.29 is 5.11 Å². The molecule has 0 saturated heterocycles. The molecule has 0 amide bonds. The summed E-state index contributed by atoms with van der Waals surface area (Å²) in [4.78, 5) is 4.19. The summed E-state index contributed by atoms with van der Waals surface area (Å²) in [6, 6.07) is 5.64. The maximum atomic E-state index is 10.3. The summed E-state index contributed by atoms with van der Waals surface area (Å²) in [5, 5.41) is 10.9. The van der Waals surface area contributed by atoms with E-state index < -0.39 is 6.10 Å². The fourth-order valence-corrected chi connectivity index (χ4v) is 2.09. The molecule has 0 saturated carbocycles. The van der Waals surface area contributed by atoms with E-state index in [2.05, 4.69) is 4.98 Å². The predicted octanol–water partition coefficient (Wildman–Crippen LogP) is 2.95. The van der Waals surface area contributed by atoms with Crippen LogP contribution < -0.4 is 0 Å². The zero-order chi connectivity index (χ0) is 12.4. The van der Waals surface area contributed by atoms with Gasteiger partial charge in [0.25, 0.3) is 0 Å². The van der Waals surface area contributed by atoms with Gasteiger partial charge in [0.15, 0.2) is 0 Å². The molecule has 0 aliphatic rings. The average molecular weight is 251 g/mol. The molecule has 4 heteroatoms. The lowest BCUT2D eigenvalue weighted by Crippen LogP contribution is -2.09. The Hall–Kier alpha value is -1.32. The molecule has 1 N–H and O–H groups in total. The van der Waals surface area contributed by atoms with Gasteiger partial charge in [-0.15, -0.1) is 0 Å². The maximum Gasteiger partial charge on any atom is 0.142 e. The number of rotatable bonds is 3. The van der Waals surface area contributed by atoms with E-state index in [9.17, 15) is 5.11 Å². The van der Waals surface area contributed by atoms with Crippen molar-refractivity contribution in [2.45, 2.75) is 26.5 Å². The number of nitrogens with zero attached hydrogens (tertiary/aromatic N) is 2. The van der Waals surface area contributed by atoms with Crippen molar-refractivity contribution in [3.63, 3.8) is 0 Å². The SMILES string of the molecule is CCn1ccnc1C(O)c1cccc(C)c1Cl. The predicted molar refractivity (Wildman–Crippen MR) is 68.2 cm³/mol. The molecular weight excluding hydrogens is 236 g/mol. The first-order chi connectivity index (χ1) is 8.15. The molecule has 0 spiro atoms. The zero-order valence-electron chi connectivity index (χ0n) is 9.89. The van der Waals surface area contributed by atoms with Crippen LogP contribution >= 0.6 is 11.6 Å². The Labute approximate surface area is 106 Å². The molecule has 0 fully saturated rings. The Morgan fingerprint density at radius 2 is 2.24 bits per heavy atom. The highest BCUT2D eigenvalue weighted by molar-refractivity contribution is 6.32. The molecule has 90 valence electrons. The number of aliphatic hydroxyl groups excluding tert-OH is 1. The third kappa shape index (κ3) is 2.21. The van der Waals surface area contributed by atoms with E-state index in [0.29, 0.717) is 16.4 Å². The van der Waals surface area contributed by atoms with Crippen LogP contribution in [0.5, 0.6) is 0 Å². The second kappa shape index (κ2) is 4.90. The second-order valence-electron chi connectivity index (χ2n) is 3.95. The quantitative estimate of drug-likeness (QED) is 0.910. The van der Waals surface area contributed by atoms with Gasteiger partial charge in [0, 0.05) is 29.5 Å². The fourth-order valence-electron chi connectivity index (χ4n) is 1.86. The van der Waals surface area contributed by atoms with Crippen LogP contribution in [0.15, 0.2) is 30.6 Å². The van der Waals surface area contributed by atoms with Gasteiger partial charge >= 0.3 is 0 Å². The number of hydrogen-bond acceptors (Lipinski definition) is 2. The second-order valence-corrected chi connectivity index (χ2v) is 4.33. The summed E-state index contributed by atoms with van der Waals surface area (Å²) in [7, 11) is 0. The molecule has 1 atom stereocenters. The molecule has 1 heterocycles. The number of halogens is 1. The van der Waals surface area contributed by atoms with Crippen molar-refractivity contribution in [3.8, 4) is 0 Å². The lowest BCUT2D eigenvalue weighted by Gasteiger charge is -2.14. The molecule has 2 aromatic rings. The van der Waals surface area contributed by atoms with Gasteiger partial charge in [-0.1, -0.05) is 29.8 Å². The van der Waals surface area contributed by atoms with Gasteiger partial charge in [0.05, 0.1) is 0 Å². The molecule has 2 rings (SSSR count). The molecule has 3 nitrogen and oxygen atoms in total. The Balaban J connectivity index is 2.44. The van der Waals surface area contributed by atoms with E-state index in [1.54, 1.807) is 6.20 Å². The minimum atomic E-state index is -0.780. The van der Waals surface area contributed by atoms with Crippen LogP contribution in [0.3, 0.4) is 0 Å². The van der Waals surface area contributed by atoms with E-state index in [0.717, 1.165) is 12.1 Å². The van der Waals surface area contributed by atoms with E-state index >= 15 is 0 Å². The summed E-state index contributed by atoms with van der Waals surface area (Å²) in [5.41, 5.74) is 1.66. The third-order valence-corrected chi connectivity index (χ3v) is 3.37. The standard InChI is InChI=1S/C13H15ClN2O/c1-3-16-8-7-15-13(16)12(17)10-6-4-5-9(2)11(10)14/h4-8,12,17H,3H2,1-2H3. The molecule has 0 radical (unpaired) electrons. The lowest BCUT2D eigenvalue weighted by atomic mass is 10.1. The Morgan fingerprint density at radius 3 is 2.94 bits per heavy atom. The number of imidazole rings is 1. The summed E-state index contributed by atoms with van der Waals surface area (Å²) in [6.07, 6.45) is 2.76. The molecular formula is C13H15ClN2O. The van der Waals surface area contributed by atoms with E-state index in [-0.39, 0.29) is 0 Å². The van der Waals surface area contributed by atoms with Gasteiger partial charge in [-0.3, -0.25) is 0 Å². The monoisotopic (exact) mass is 250 g/mol. The van der Waals surface area contributed by atoms with Gasteiger partial charge in [0.1, 0.15) is 11.9 Å². The number of benzene rings is 1. The molecule has 1 aromatic carbocycles. The van der Waals surface area contributed by atoms with Crippen molar-refractivity contribution in [1.82, 2.24) is 9.55 Å². The molecule has 1 aromatic heterocycles. The Kier molecular flexibility index (Phi) is 3.50. The topological polar surface area (TPSA) is 38.0 Å². The average Bonchev–Trinajstić information content (AvgIpc) is 2.80. The third-order valence-electron chi connectivity index (χ3n) is 2.85. The van der Waals surface area contributed by atoms with Crippen molar-refractivity contribution in [1.29, 1.82) is 0 Å². The first-order valence-corrected chi connectivity index (χ1v) is 5.97. The van der Waals surface area contributed by atoms with Crippen molar-refractivity contribution in [2.24, 2.45) is 0 Å². The van der Waals surface area contributed by atoms with E-state index in [1.165, 1.54) is 0 Å². The smallest absolute Gasteiger partial charge is 0.142 e. The van der Waals surface area contributed by atoms with Crippen molar-refractivity contribution in [2.75, 3.05) is 0 Å². The molecule has 0 aliphatic heterocycles. The van der Waals surface area contributed by atoms with Gasteiger partial charge < -0.3 is 9.67 Å². The summed E-state index contributed by atoms with van der Waals surface area (Å²) in [5.74, 6) is 0.625. The normalized spacial score (nSPS) is 12.7. The number of hydrogen-bond donors (Lipinski definition) is 1. The minimum absolute atomic E-state index is 0.602. The largest absolute Gasteiger partial charge is 0.380 e. The van der Waals surface area contributed by atoms with Crippen molar-refractivity contribution >= 4 is 11.6 Å². The summed E-state index contributed by atoms with van der Waals surface area (Å²) < 4.78 is 1.91. The Bertz CT molecular complexity index is 522. The van der Waals surface area contributed by atoms with E-state index in [1.807, 2.05) is 42.8 Å². The van der Waals surface area contributed by atoms with Crippen LogP contribution in [0.2, 0.25) is 5.02 Å². The van der Waals surface area contributed by atoms with Gasteiger partial charge in [0.2, 0.25) is 0 Å². The first-order valence-electron chi connectivity index (χ1n) is 5.59. The molecule has 0 bridgehead atoms. The van der Waals surface area contributed by atoms with Crippen LogP contribution in [0.1, 0.15) is 30.0 Å². The molecule has 1 unspecified atom stereocenters. The van der Waals surface area contributed by atoms with Crippen molar-refractivity contribution in [3.05, 3.63) is 52.6 Å². The number of aryl methyl sites for hydroxylation is 2. The highest BCUT2D eigenvalue weighted by Gasteiger charge is 2.18. The van der Waals surface area contributed by atoms with Crippen LogP contribution in [0.25, 0.3) is 0 Å². The van der Waals surface area contributed by atoms with Gasteiger partial charge in [-0.25, -0.2) is 4.98 Å².